The minimum Gasteiger partial charge on any atom is -0.309 e. The predicted molar refractivity (Wildman–Crippen MR) is 173 cm³/mol. The normalized spacial score (nSPS) is 12.2. The lowest BCUT2D eigenvalue weighted by Gasteiger charge is -2.32. The number of pyridine rings is 2. The summed E-state index contributed by atoms with van der Waals surface area (Å²) in [6.45, 7) is 0. The van der Waals surface area contributed by atoms with Crippen LogP contribution in [0, 0.1) is 0 Å². The SMILES string of the molecule is c1ccc(-n2c3ccc(-c4ccccn4)cc3c3cc4c(cc32)N(c2ccccn2)c2cccc3cccc-4c23)cc1. The molecule has 0 fully saturated rings. The van der Waals surface area contributed by atoms with Crippen LogP contribution in [0.3, 0.4) is 0 Å². The first kappa shape index (κ1) is 23.0. The Kier molecular flexibility index (Phi) is 4.87. The lowest BCUT2D eigenvalue weighted by atomic mass is 9.90. The second kappa shape index (κ2) is 8.88. The number of aromatic nitrogens is 3. The summed E-state index contributed by atoms with van der Waals surface area (Å²) in [6, 6.07) is 47.4. The molecular formula is C38H24N4. The van der Waals surface area contributed by atoms with Crippen LogP contribution in [0.1, 0.15) is 0 Å². The highest BCUT2D eigenvalue weighted by Crippen LogP contribution is 2.52. The molecule has 5 aromatic carbocycles. The standard InChI is InChI=1S/C38H24N4/c1-2-12-27(13-3-1)41-33-19-18-26(32-15-4-6-20-39-32)22-29(33)31-23-30-28-14-8-10-25-11-9-16-34(38(25)28)42(36(30)24-35(31)41)37-17-5-7-21-40-37/h1-24H. The third kappa shape index (κ3) is 3.29. The summed E-state index contributed by atoms with van der Waals surface area (Å²) in [7, 11) is 0. The van der Waals surface area contributed by atoms with Gasteiger partial charge in [-0.2, -0.15) is 0 Å². The molecule has 0 saturated heterocycles. The van der Waals surface area contributed by atoms with E-state index < -0.39 is 0 Å². The molecule has 0 radical (unpaired) electrons. The van der Waals surface area contributed by atoms with Gasteiger partial charge >= 0.3 is 0 Å². The molecule has 196 valence electrons. The molecule has 42 heavy (non-hydrogen) atoms. The third-order valence-corrected chi connectivity index (χ3v) is 8.39. The molecule has 8 aromatic rings. The van der Waals surface area contributed by atoms with E-state index in [2.05, 4.69) is 130 Å². The lowest BCUT2D eigenvalue weighted by molar-refractivity contribution is 1.16. The highest BCUT2D eigenvalue weighted by atomic mass is 15.2. The van der Waals surface area contributed by atoms with Crippen molar-refractivity contribution in [1.82, 2.24) is 14.5 Å². The van der Waals surface area contributed by atoms with Crippen molar-refractivity contribution in [2.75, 3.05) is 4.90 Å². The molecule has 1 aliphatic heterocycles. The molecule has 4 heteroatoms. The topological polar surface area (TPSA) is 34.0 Å². The number of hydrogen-bond acceptors (Lipinski definition) is 3. The third-order valence-electron chi connectivity index (χ3n) is 8.39. The zero-order chi connectivity index (χ0) is 27.6. The number of benzene rings is 5. The molecule has 0 aliphatic carbocycles. The maximum absolute atomic E-state index is 4.82. The highest BCUT2D eigenvalue weighted by Gasteiger charge is 2.28. The van der Waals surface area contributed by atoms with E-state index in [9.17, 15) is 0 Å². The van der Waals surface area contributed by atoms with E-state index in [0.717, 1.165) is 39.7 Å². The van der Waals surface area contributed by atoms with Crippen LogP contribution in [-0.2, 0) is 0 Å². The van der Waals surface area contributed by atoms with Gasteiger partial charge in [-0.3, -0.25) is 9.88 Å². The van der Waals surface area contributed by atoms with Crippen molar-refractivity contribution in [3.63, 3.8) is 0 Å². The molecule has 0 unspecified atom stereocenters. The molecule has 0 amide bonds. The van der Waals surface area contributed by atoms with Gasteiger partial charge < -0.3 is 4.57 Å². The van der Waals surface area contributed by atoms with Crippen LogP contribution >= 0.6 is 0 Å². The molecule has 0 bridgehead atoms. The molecule has 4 nitrogen and oxygen atoms in total. The molecular weight excluding hydrogens is 512 g/mol. The fraction of sp³-hybridized carbons (Fsp3) is 0. The summed E-state index contributed by atoms with van der Waals surface area (Å²) >= 11 is 0. The maximum atomic E-state index is 4.82. The van der Waals surface area contributed by atoms with Crippen molar-refractivity contribution in [2.45, 2.75) is 0 Å². The van der Waals surface area contributed by atoms with Crippen molar-refractivity contribution < 1.29 is 0 Å². The van der Waals surface area contributed by atoms with Crippen LogP contribution in [0.4, 0.5) is 17.2 Å². The number of anilines is 3. The average Bonchev–Trinajstić information content (AvgIpc) is 3.38. The van der Waals surface area contributed by atoms with E-state index in [0.29, 0.717) is 0 Å². The van der Waals surface area contributed by atoms with Crippen LogP contribution in [0.15, 0.2) is 146 Å². The Morgan fingerprint density at radius 3 is 2.10 bits per heavy atom. The minimum absolute atomic E-state index is 0.903. The Morgan fingerprint density at radius 1 is 0.500 bits per heavy atom. The monoisotopic (exact) mass is 536 g/mol. The Bertz CT molecular complexity index is 2280. The molecule has 1 aliphatic rings. The van der Waals surface area contributed by atoms with Gasteiger partial charge in [0.15, 0.2) is 0 Å². The van der Waals surface area contributed by atoms with Crippen molar-refractivity contribution >= 4 is 49.8 Å². The molecule has 0 saturated carbocycles. The predicted octanol–water partition coefficient (Wildman–Crippen LogP) is 9.84. The van der Waals surface area contributed by atoms with Gasteiger partial charge in [-0.1, -0.05) is 66.7 Å². The molecule has 4 heterocycles. The Hall–Kier alpha value is -5.74. The van der Waals surface area contributed by atoms with Gasteiger partial charge in [0.2, 0.25) is 0 Å². The molecule has 0 spiro atoms. The number of rotatable bonds is 3. The number of fused-ring (bicyclic) bond motifs is 5. The number of nitrogens with zero attached hydrogens (tertiary/aromatic N) is 4. The van der Waals surface area contributed by atoms with Crippen LogP contribution in [0.5, 0.6) is 0 Å². The molecule has 0 N–H and O–H groups in total. The van der Waals surface area contributed by atoms with Crippen LogP contribution in [0.25, 0.3) is 60.6 Å². The first-order valence-electron chi connectivity index (χ1n) is 14.2. The second-order valence-electron chi connectivity index (χ2n) is 10.7. The summed E-state index contributed by atoms with van der Waals surface area (Å²) < 4.78 is 2.38. The van der Waals surface area contributed by atoms with E-state index >= 15 is 0 Å². The van der Waals surface area contributed by atoms with Gasteiger partial charge in [-0.25, -0.2) is 4.98 Å². The Morgan fingerprint density at radius 2 is 1.29 bits per heavy atom. The molecule has 9 rings (SSSR count). The number of hydrogen-bond donors (Lipinski definition) is 0. The van der Waals surface area contributed by atoms with Gasteiger partial charge in [0, 0.05) is 45.4 Å². The van der Waals surface area contributed by atoms with Gasteiger partial charge in [-0.05, 0) is 77.7 Å². The van der Waals surface area contributed by atoms with Crippen molar-refractivity contribution in [2.24, 2.45) is 0 Å². The summed E-state index contributed by atoms with van der Waals surface area (Å²) in [5, 5.41) is 4.89. The molecule has 0 atom stereocenters. The fourth-order valence-corrected chi connectivity index (χ4v) is 6.60. The first-order valence-corrected chi connectivity index (χ1v) is 14.2. The van der Waals surface area contributed by atoms with E-state index in [1.54, 1.807) is 0 Å². The first-order chi connectivity index (χ1) is 20.8. The Labute approximate surface area is 242 Å². The molecule has 3 aromatic heterocycles. The van der Waals surface area contributed by atoms with Crippen LogP contribution < -0.4 is 4.90 Å². The van der Waals surface area contributed by atoms with Gasteiger partial charge in [-0.15, -0.1) is 0 Å². The van der Waals surface area contributed by atoms with E-state index in [1.807, 2.05) is 30.6 Å². The summed E-state index contributed by atoms with van der Waals surface area (Å²) in [5.74, 6) is 0.903. The zero-order valence-electron chi connectivity index (χ0n) is 22.6. The van der Waals surface area contributed by atoms with Gasteiger partial charge in [0.1, 0.15) is 5.82 Å². The average molecular weight is 537 g/mol. The van der Waals surface area contributed by atoms with Crippen LogP contribution in [-0.4, -0.2) is 14.5 Å². The quantitative estimate of drug-likeness (QED) is 0.225. The number of para-hydroxylation sites is 1. The maximum Gasteiger partial charge on any atom is 0.137 e. The van der Waals surface area contributed by atoms with E-state index in [1.165, 1.54) is 38.2 Å². The zero-order valence-corrected chi connectivity index (χ0v) is 22.6. The van der Waals surface area contributed by atoms with Gasteiger partial charge in [0.25, 0.3) is 0 Å². The van der Waals surface area contributed by atoms with Crippen molar-refractivity contribution in [3.05, 3.63) is 146 Å². The largest absolute Gasteiger partial charge is 0.309 e. The van der Waals surface area contributed by atoms with Crippen LogP contribution in [0.2, 0.25) is 0 Å². The lowest BCUT2D eigenvalue weighted by Crippen LogP contribution is -2.16. The summed E-state index contributed by atoms with van der Waals surface area (Å²) in [6.07, 6.45) is 3.72. The Balaban J connectivity index is 1.43. The fourth-order valence-electron chi connectivity index (χ4n) is 6.60. The highest BCUT2D eigenvalue weighted by molar-refractivity contribution is 6.19. The summed E-state index contributed by atoms with van der Waals surface area (Å²) in [4.78, 5) is 11.8. The van der Waals surface area contributed by atoms with Gasteiger partial charge in [0.05, 0.1) is 28.1 Å². The summed E-state index contributed by atoms with van der Waals surface area (Å²) in [5.41, 5.74) is 10.2. The smallest absolute Gasteiger partial charge is 0.137 e. The van der Waals surface area contributed by atoms with E-state index in [-0.39, 0.29) is 0 Å². The van der Waals surface area contributed by atoms with Crippen molar-refractivity contribution in [3.8, 4) is 28.1 Å². The van der Waals surface area contributed by atoms with Crippen molar-refractivity contribution in [1.29, 1.82) is 0 Å². The second-order valence-corrected chi connectivity index (χ2v) is 10.7. The van der Waals surface area contributed by atoms with E-state index in [4.69, 9.17) is 4.98 Å². The minimum atomic E-state index is 0.903.